The molecule has 56 valence electrons. The summed E-state index contributed by atoms with van der Waals surface area (Å²) in [4.78, 5) is 4.00. The van der Waals surface area contributed by atoms with Crippen molar-refractivity contribution < 1.29 is 0 Å². The fraction of sp³-hybridized carbons (Fsp3) is 0.571. The Bertz CT molecular complexity index is 169. The van der Waals surface area contributed by atoms with E-state index in [4.69, 9.17) is 0 Å². The van der Waals surface area contributed by atoms with Gasteiger partial charge in [-0.15, -0.1) is 5.10 Å². The second-order valence-electron chi connectivity index (χ2n) is 1.64. The molecular weight excluding hydrogens is 126 g/mol. The Balaban J connectivity index is 0.000000371. The molecule has 0 aliphatic rings. The molecule has 1 aromatic rings. The molecule has 1 rings (SSSR count). The minimum absolute atomic E-state index is 0.727. The average Bonchev–Trinajstić information content (AvgIpc) is 1.91. The summed E-state index contributed by atoms with van der Waals surface area (Å²) in [7, 11) is 0. The summed E-state index contributed by atoms with van der Waals surface area (Å²) in [5.74, 6) is 0.727. The van der Waals surface area contributed by atoms with Crippen LogP contribution < -0.4 is 0 Å². The summed E-state index contributed by atoms with van der Waals surface area (Å²) in [5.41, 5.74) is 0.914. The highest BCUT2D eigenvalue weighted by atomic mass is 15.1. The van der Waals surface area contributed by atoms with Gasteiger partial charge in [-0.1, -0.05) is 13.8 Å². The fourth-order valence-electron chi connectivity index (χ4n) is 0.502. The van der Waals surface area contributed by atoms with Crippen molar-refractivity contribution in [3.63, 3.8) is 0 Å². The first kappa shape index (κ1) is 9.01. The van der Waals surface area contributed by atoms with Crippen molar-refractivity contribution in [3.05, 3.63) is 17.7 Å². The summed E-state index contributed by atoms with van der Waals surface area (Å²) in [5, 5.41) is 7.35. The minimum atomic E-state index is 0.727. The zero-order valence-corrected chi connectivity index (χ0v) is 6.92. The van der Waals surface area contributed by atoms with Gasteiger partial charge >= 0.3 is 0 Å². The van der Waals surface area contributed by atoms with Crippen LogP contribution in [-0.2, 0) is 0 Å². The molecule has 10 heavy (non-hydrogen) atoms. The summed E-state index contributed by atoms with van der Waals surface area (Å²) in [6.07, 6.45) is 1.63. The van der Waals surface area contributed by atoms with Gasteiger partial charge < -0.3 is 0 Å². The molecule has 0 fully saturated rings. The van der Waals surface area contributed by atoms with Crippen molar-refractivity contribution in [1.82, 2.24) is 15.2 Å². The van der Waals surface area contributed by atoms with E-state index in [2.05, 4.69) is 15.2 Å². The highest BCUT2D eigenvalue weighted by Gasteiger charge is 1.85. The normalized spacial score (nSPS) is 8.00. The molecule has 0 unspecified atom stereocenters. The van der Waals surface area contributed by atoms with E-state index >= 15 is 0 Å². The van der Waals surface area contributed by atoms with E-state index < -0.39 is 0 Å². The van der Waals surface area contributed by atoms with Gasteiger partial charge in [-0.05, 0) is 13.8 Å². The topological polar surface area (TPSA) is 38.7 Å². The molecule has 0 saturated heterocycles. The van der Waals surface area contributed by atoms with Gasteiger partial charge in [0.05, 0.1) is 11.9 Å². The van der Waals surface area contributed by atoms with Crippen LogP contribution in [0, 0.1) is 13.8 Å². The summed E-state index contributed by atoms with van der Waals surface area (Å²) >= 11 is 0. The minimum Gasteiger partial charge on any atom is -0.235 e. The molecule has 0 aliphatic carbocycles. The van der Waals surface area contributed by atoms with Crippen molar-refractivity contribution in [2.75, 3.05) is 0 Å². The first-order valence-corrected chi connectivity index (χ1v) is 3.42. The molecule has 3 nitrogen and oxygen atoms in total. The fourth-order valence-corrected chi connectivity index (χ4v) is 0.502. The lowest BCUT2D eigenvalue weighted by atomic mass is 10.5. The van der Waals surface area contributed by atoms with Crippen molar-refractivity contribution in [2.24, 2.45) is 0 Å². The second-order valence-corrected chi connectivity index (χ2v) is 1.64. The van der Waals surface area contributed by atoms with Crippen LogP contribution in [0.4, 0.5) is 0 Å². The maximum absolute atomic E-state index is 4.00. The smallest absolute Gasteiger partial charge is 0.148 e. The van der Waals surface area contributed by atoms with Crippen LogP contribution >= 0.6 is 0 Å². The third-order valence-electron chi connectivity index (χ3n) is 0.785. The van der Waals surface area contributed by atoms with E-state index in [0.717, 1.165) is 11.5 Å². The molecule has 0 aliphatic heterocycles. The lowest BCUT2D eigenvalue weighted by Gasteiger charge is -1.87. The first-order valence-electron chi connectivity index (χ1n) is 3.42. The quantitative estimate of drug-likeness (QED) is 0.547. The molecule has 0 amide bonds. The van der Waals surface area contributed by atoms with Crippen LogP contribution in [0.15, 0.2) is 6.20 Å². The molecule has 0 saturated carbocycles. The zero-order chi connectivity index (χ0) is 7.98. The highest BCUT2D eigenvalue weighted by Crippen LogP contribution is 1.85. The molecule has 3 heteroatoms. The Morgan fingerprint density at radius 3 is 2.10 bits per heavy atom. The SMILES string of the molecule is CC.Cc1cnnc(C)n1. The van der Waals surface area contributed by atoms with E-state index in [1.54, 1.807) is 6.20 Å². The molecule has 0 aromatic carbocycles. The summed E-state index contributed by atoms with van der Waals surface area (Å²) < 4.78 is 0. The number of nitrogens with zero attached hydrogens (tertiary/aromatic N) is 3. The zero-order valence-electron chi connectivity index (χ0n) is 6.92. The van der Waals surface area contributed by atoms with E-state index in [9.17, 15) is 0 Å². The van der Waals surface area contributed by atoms with E-state index in [1.165, 1.54) is 0 Å². The molecule has 1 aromatic heterocycles. The molecule has 0 radical (unpaired) electrons. The van der Waals surface area contributed by atoms with Gasteiger partial charge in [-0.3, -0.25) is 0 Å². The summed E-state index contributed by atoms with van der Waals surface area (Å²) in [6, 6.07) is 0. The van der Waals surface area contributed by atoms with Crippen molar-refractivity contribution in [1.29, 1.82) is 0 Å². The predicted octanol–water partition coefficient (Wildman–Crippen LogP) is 1.51. The molecule has 0 N–H and O–H groups in total. The van der Waals surface area contributed by atoms with Crippen LogP contribution in [0.5, 0.6) is 0 Å². The molecule has 1 heterocycles. The maximum Gasteiger partial charge on any atom is 0.148 e. The third-order valence-corrected chi connectivity index (χ3v) is 0.785. The van der Waals surface area contributed by atoms with Gasteiger partial charge in [0.15, 0.2) is 0 Å². The van der Waals surface area contributed by atoms with Crippen LogP contribution in [0.2, 0.25) is 0 Å². The third kappa shape index (κ3) is 3.12. The average molecular weight is 139 g/mol. The highest BCUT2D eigenvalue weighted by molar-refractivity contribution is 4.90. The van der Waals surface area contributed by atoms with Gasteiger partial charge in [-0.25, -0.2) is 4.98 Å². The van der Waals surface area contributed by atoms with Gasteiger partial charge in [-0.2, -0.15) is 5.10 Å². The standard InChI is InChI=1S/C5H7N3.C2H6/c1-4-3-6-8-5(2)7-4;1-2/h3H,1-2H3;1-2H3. The van der Waals surface area contributed by atoms with Gasteiger partial charge in [0.25, 0.3) is 0 Å². The van der Waals surface area contributed by atoms with Crippen molar-refractivity contribution >= 4 is 0 Å². The second kappa shape index (κ2) is 4.85. The van der Waals surface area contributed by atoms with Gasteiger partial charge in [0, 0.05) is 0 Å². The molecular formula is C7H13N3. The Kier molecular flexibility index (Phi) is 4.37. The monoisotopic (exact) mass is 139 g/mol. The van der Waals surface area contributed by atoms with Crippen molar-refractivity contribution in [2.45, 2.75) is 27.7 Å². The van der Waals surface area contributed by atoms with Crippen LogP contribution in [0.3, 0.4) is 0 Å². The van der Waals surface area contributed by atoms with Gasteiger partial charge in [0.1, 0.15) is 5.82 Å². The number of hydrogen-bond donors (Lipinski definition) is 0. The lowest BCUT2D eigenvalue weighted by molar-refractivity contribution is 0.882. The van der Waals surface area contributed by atoms with E-state index in [0.29, 0.717) is 0 Å². The number of aromatic nitrogens is 3. The van der Waals surface area contributed by atoms with Gasteiger partial charge in [0.2, 0.25) is 0 Å². The Morgan fingerprint density at radius 1 is 1.20 bits per heavy atom. The number of aryl methyl sites for hydroxylation is 2. The van der Waals surface area contributed by atoms with Crippen LogP contribution in [0.25, 0.3) is 0 Å². The molecule has 0 bridgehead atoms. The van der Waals surface area contributed by atoms with E-state index in [-0.39, 0.29) is 0 Å². The summed E-state index contributed by atoms with van der Waals surface area (Å²) in [6.45, 7) is 7.71. The number of rotatable bonds is 0. The van der Waals surface area contributed by atoms with Crippen LogP contribution in [-0.4, -0.2) is 15.2 Å². The first-order chi connectivity index (χ1) is 4.79. The Hall–Kier alpha value is -0.990. The lowest BCUT2D eigenvalue weighted by Crippen LogP contribution is -1.91. The molecule has 0 spiro atoms. The Labute approximate surface area is 61.5 Å². The largest absolute Gasteiger partial charge is 0.235 e. The molecule has 0 atom stereocenters. The predicted molar refractivity (Wildman–Crippen MR) is 40.6 cm³/mol. The maximum atomic E-state index is 4.00. The van der Waals surface area contributed by atoms with Crippen LogP contribution in [0.1, 0.15) is 25.4 Å². The number of hydrogen-bond acceptors (Lipinski definition) is 3. The van der Waals surface area contributed by atoms with E-state index in [1.807, 2.05) is 27.7 Å². The van der Waals surface area contributed by atoms with Crippen molar-refractivity contribution in [3.8, 4) is 0 Å². The Morgan fingerprint density at radius 2 is 1.80 bits per heavy atom.